The van der Waals surface area contributed by atoms with Gasteiger partial charge in [0.05, 0.1) is 31.9 Å². The fraction of sp³-hybridized carbons (Fsp3) is 0.524. The van der Waals surface area contributed by atoms with E-state index in [4.69, 9.17) is 46.1 Å². The fourth-order valence-electron chi connectivity index (χ4n) is 5.83. The van der Waals surface area contributed by atoms with E-state index in [1.807, 2.05) is 0 Å². The maximum Gasteiger partial charge on any atom is 0.386 e. The number of nitrogen functional groups attached to an aromatic ring is 2. The molecule has 4 aromatic rings. The van der Waals surface area contributed by atoms with E-state index in [9.17, 15) is 24.5 Å². The van der Waals surface area contributed by atoms with Crippen molar-refractivity contribution in [1.29, 1.82) is 0 Å². The number of anilines is 2. The van der Waals surface area contributed by atoms with Crippen molar-refractivity contribution in [3.05, 3.63) is 29.3 Å². The van der Waals surface area contributed by atoms with Gasteiger partial charge in [-0.15, -0.1) is 0 Å². The minimum absolute atomic E-state index is 0.0110. The zero-order valence-electron chi connectivity index (χ0n) is 22.7. The molecule has 0 aromatic carbocycles. The van der Waals surface area contributed by atoms with Crippen molar-refractivity contribution in [2.75, 3.05) is 24.7 Å². The molecule has 1 aliphatic carbocycles. The summed E-state index contributed by atoms with van der Waals surface area (Å²) in [6, 6.07) is -0.714. The molecule has 8 N–H and O–H groups in total. The first-order valence-electron chi connectivity index (χ1n) is 13.3. The molecule has 10 atom stereocenters. The van der Waals surface area contributed by atoms with Crippen LogP contribution < -0.4 is 17.0 Å². The number of nitrogens with two attached hydrogens (primary N) is 2. The molecule has 0 amide bonds. The first-order valence-corrected chi connectivity index (χ1v) is 18.6. The Morgan fingerprint density at radius 2 is 1.76 bits per heavy atom. The van der Waals surface area contributed by atoms with E-state index in [2.05, 4.69) is 42.2 Å². The molecule has 1 saturated carbocycles. The number of fused-ring (bicyclic) bond motifs is 5. The van der Waals surface area contributed by atoms with E-state index in [-0.39, 0.29) is 36.0 Å². The van der Waals surface area contributed by atoms with Crippen LogP contribution in [0.15, 0.2) is 23.8 Å². The second kappa shape index (κ2) is 11.3. The predicted molar refractivity (Wildman–Crippen MR) is 160 cm³/mol. The van der Waals surface area contributed by atoms with Crippen molar-refractivity contribution < 1.29 is 42.5 Å². The van der Waals surface area contributed by atoms with Crippen LogP contribution in [0.2, 0.25) is 0 Å². The second-order valence-corrected chi connectivity index (χ2v) is 16.3. The number of aromatic nitrogens is 8. The summed E-state index contributed by atoms with van der Waals surface area (Å²) < 4.78 is 45.2. The number of aliphatic hydroxyl groups excluding tert-OH is 2. The number of nitrogens with one attached hydrogen (secondary N) is 1. The number of rotatable bonds is 2. The normalized spacial score (nSPS) is 37.7. The van der Waals surface area contributed by atoms with Gasteiger partial charge >= 0.3 is 13.5 Å². The SMILES string of the molecule is Nc1nc2c(ncn2[C@@H]2O[C@@H]3COP(O)(=S)O[C@@H]4[C@@H](COP(=O)(S)O[C@@H]2[C@@H]3O)C[C@@H](n2cnc3c(N)ncnc32)[C@@H]4O)c(=O)[nH]1. The van der Waals surface area contributed by atoms with Gasteiger partial charge in [0.15, 0.2) is 28.9 Å². The molecule has 242 valence electrons. The highest BCUT2D eigenvalue weighted by atomic mass is 32.7. The third-order valence-corrected chi connectivity index (χ3v) is 11.1. The lowest BCUT2D eigenvalue weighted by molar-refractivity contribution is -0.0539. The molecule has 0 spiro atoms. The molecule has 2 saturated heterocycles. The number of thiol groups is 1. The van der Waals surface area contributed by atoms with Gasteiger partial charge in [-0.2, -0.15) is 4.98 Å². The molecule has 7 rings (SSSR count). The monoisotopic (exact) mass is 704 g/mol. The quantitative estimate of drug-likeness (QED) is 0.101. The highest BCUT2D eigenvalue weighted by Gasteiger charge is 2.52. The Kier molecular flexibility index (Phi) is 7.78. The van der Waals surface area contributed by atoms with Crippen LogP contribution in [0.5, 0.6) is 0 Å². The van der Waals surface area contributed by atoms with Crippen LogP contribution in [-0.2, 0) is 39.2 Å². The highest BCUT2D eigenvalue weighted by Crippen LogP contribution is 2.59. The van der Waals surface area contributed by atoms with Gasteiger partial charge in [0, 0.05) is 5.92 Å². The van der Waals surface area contributed by atoms with E-state index in [0.717, 1.165) is 0 Å². The lowest BCUT2D eigenvalue weighted by Gasteiger charge is -2.28. The fourth-order valence-corrected chi connectivity index (χ4v) is 8.82. The minimum atomic E-state index is -4.29. The maximum absolute atomic E-state index is 13.6. The molecule has 2 unspecified atom stereocenters. The lowest BCUT2D eigenvalue weighted by atomic mass is 10.1. The Morgan fingerprint density at radius 3 is 2.56 bits per heavy atom. The molecule has 6 heterocycles. The van der Waals surface area contributed by atoms with Crippen molar-refractivity contribution in [2.24, 2.45) is 5.92 Å². The van der Waals surface area contributed by atoms with Crippen molar-refractivity contribution in [2.45, 2.75) is 49.2 Å². The zero-order chi connectivity index (χ0) is 31.8. The zero-order valence-corrected chi connectivity index (χ0v) is 26.2. The van der Waals surface area contributed by atoms with Gasteiger partial charge in [0.2, 0.25) is 5.95 Å². The molecular weight excluding hydrogens is 678 g/mol. The van der Waals surface area contributed by atoms with Gasteiger partial charge in [-0.1, -0.05) is 12.2 Å². The van der Waals surface area contributed by atoms with Gasteiger partial charge < -0.3 is 49.4 Å². The maximum atomic E-state index is 13.6. The number of hydrogen-bond donors (Lipinski definition) is 7. The van der Waals surface area contributed by atoms with Crippen LogP contribution in [0.3, 0.4) is 0 Å². The Morgan fingerprint density at radius 1 is 1.00 bits per heavy atom. The molecule has 0 radical (unpaired) electrons. The van der Waals surface area contributed by atoms with Crippen LogP contribution in [0.4, 0.5) is 11.8 Å². The lowest BCUT2D eigenvalue weighted by Crippen LogP contribution is -2.35. The number of aromatic amines is 1. The predicted octanol–water partition coefficient (Wildman–Crippen LogP) is -0.624. The van der Waals surface area contributed by atoms with Crippen LogP contribution in [0, 0.1) is 5.92 Å². The Labute approximate surface area is 262 Å². The van der Waals surface area contributed by atoms with E-state index in [1.54, 1.807) is 4.57 Å². The van der Waals surface area contributed by atoms with E-state index in [0.29, 0.717) is 11.2 Å². The largest absolute Gasteiger partial charge is 0.388 e. The van der Waals surface area contributed by atoms with Crippen LogP contribution in [0.1, 0.15) is 18.7 Å². The molecule has 3 aliphatic rings. The van der Waals surface area contributed by atoms with Crippen molar-refractivity contribution in [1.82, 2.24) is 39.0 Å². The molecule has 2 bridgehead atoms. The molecule has 20 nitrogen and oxygen atoms in total. The van der Waals surface area contributed by atoms with E-state index >= 15 is 0 Å². The molecule has 24 heteroatoms. The number of nitrogens with zero attached hydrogens (tertiary/aromatic N) is 7. The number of ether oxygens (including phenoxy) is 1. The van der Waals surface area contributed by atoms with Gasteiger partial charge in [0.1, 0.15) is 42.4 Å². The summed E-state index contributed by atoms with van der Waals surface area (Å²) in [5.41, 5.74) is 11.6. The van der Waals surface area contributed by atoms with Gasteiger partial charge in [-0.25, -0.2) is 24.5 Å². The summed E-state index contributed by atoms with van der Waals surface area (Å²) in [6.07, 6.45) is -3.89. The summed E-state index contributed by atoms with van der Waals surface area (Å²) in [5, 5.41) is 22.6. The topological polar surface area (TPSA) is 283 Å². The Bertz CT molecular complexity index is 1940. The molecule has 3 fully saturated rings. The standard InChI is InChI=1S/C21H26N10O10P2S2/c22-16-10-17(25-4-24-16)30(5-26-10)8-1-7-2-37-42(35,44)41-15-13(33)9(3-38-43(36,45)40-14(7)12(8)32)39-20(15)31-6-27-11-18(31)28-21(23)29-19(11)34/h4-9,12-15,20,32-33H,1-3H2,(H,35,44)(H,36,45)(H2,22,24,25)(H3,23,28,29,34)/t7-,8-,9-,12+,13-,14-,15-,20-,42?,43?/m1/s1. The third-order valence-electron chi connectivity index (χ3n) is 7.89. The number of aliphatic hydroxyl groups is 2. The Balaban J connectivity index is 1.21. The summed E-state index contributed by atoms with van der Waals surface area (Å²) in [6.45, 7) is -9.25. The third kappa shape index (κ3) is 5.57. The Hall–Kier alpha value is -2.59. The number of imidazole rings is 2. The highest BCUT2D eigenvalue weighted by molar-refractivity contribution is 8.44. The van der Waals surface area contributed by atoms with Crippen LogP contribution >= 0.6 is 25.8 Å². The smallest absolute Gasteiger partial charge is 0.386 e. The van der Waals surface area contributed by atoms with Crippen molar-refractivity contribution in [3.63, 3.8) is 0 Å². The average molecular weight is 705 g/mol. The van der Waals surface area contributed by atoms with Crippen LogP contribution in [0.25, 0.3) is 22.3 Å². The van der Waals surface area contributed by atoms with Gasteiger partial charge in [0.25, 0.3) is 5.56 Å². The number of H-pyrrole nitrogens is 1. The molecule has 2 aliphatic heterocycles. The molecule has 45 heavy (non-hydrogen) atoms. The van der Waals surface area contributed by atoms with Gasteiger partial charge in [-0.3, -0.25) is 18.9 Å². The van der Waals surface area contributed by atoms with Crippen LogP contribution in [-0.4, -0.2) is 97.9 Å². The van der Waals surface area contributed by atoms with E-state index < -0.39 is 74.4 Å². The summed E-state index contributed by atoms with van der Waals surface area (Å²) in [5.74, 6) is -0.789. The molecule has 4 aromatic heterocycles. The number of hydrogen-bond acceptors (Lipinski definition) is 17. The molecular formula is C21H26N10O10P2S2. The summed E-state index contributed by atoms with van der Waals surface area (Å²) in [7, 11) is 0. The van der Waals surface area contributed by atoms with Gasteiger partial charge in [-0.05, 0) is 18.2 Å². The average Bonchev–Trinajstić information content (AvgIpc) is 3.72. The summed E-state index contributed by atoms with van der Waals surface area (Å²) in [4.78, 5) is 46.3. The minimum Gasteiger partial charge on any atom is -0.388 e. The first-order chi connectivity index (χ1) is 21.3. The second-order valence-electron chi connectivity index (χ2n) is 10.6. The van der Waals surface area contributed by atoms with E-state index in [1.165, 1.54) is 23.5 Å². The summed E-state index contributed by atoms with van der Waals surface area (Å²) >= 11 is 9.40. The van der Waals surface area contributed by atoms with Crippen molar-refractivity contribution >= 4 is 71.7 Å². The van der Waals surface area contributed by atoms with Crippen molar-refractivity contribution in [3.8, 4) is 0 Å². The first kappa shape index (κ1) is 31.0.